The molecular weight excluding hydrogens is 416 g/mol. The molecular formula is C19H22N2O6S2. The van der Waals surface area contributed by atoms with Crippen LogP contribution in [-0.2, 0) is 24.8 Å². The van der Waals surface area contributed by atoms with E-state index in [0.717, 1.165) is 17.2 Å². The highest BCUT2D eigenvalue weighted by Crippen LogP contribution is 2.35. The number of rotatable bonds is 5. The minimum Gasteiger partial charge on any atom is -0.495 e. The van der Waals surface area contributed by atoms with Crippen molar-refractivity contribution in [1.29, 1.82) is 0 Å². The van der Waals surface area contributed by atoms with Gasteiger partial charge in [0.2, 0.25) is 15.9 Å². The molecule has 1 heterocycles. The Balaban J connectivity index is 2.12. The molecule has 1 aliphatic rings. The van der Waals surface area contributed by atoms with E-state index in [1.165, 1.54) is 26.2 Å². The van der Waals surface area contributed by atoms with Gasteiger partial charge in [-0.25, -0.2) is 21.1 Å². The first-order chi connectivity index (χ1) is 13.5. The van der Waals surface area contributed by atoms with Crippen molar-refractivity contribution in [2.75, 3.05) is 21.9 Å². The van der Waals surface area contributed by atoms with Gasteiger partial charge in [0.05, 0.1) is 30.2 Å². The Morgan fingerprint density at radius 2 is 1.76 bits per heavy atom. The lowest BCUT2D eigenvalue weighted by Gasteiger charge is -2.19. The number of carbonyl (C=O) groups excluding carboxylic acids is 1. The summed E-state index contributed by atoms with van der Waals surface area (Å²) in [6, 6.07) is 9.19. The third-order valence-electron chi connectivity index (χ3n) is 4.75. The van der Waals surface area contributed by atoms with Crippen LogP contribution in [0.1, 0.15) is 18.1 Å². The first-order valence-corrected chi connectivity index (χ1v) is 11.9. The molecule has 0 radical (unpaired) electrons. The highest BCUT2D eigenvalue weighted by Gasteiger charge is 2.42. The molecule has 1 N–H and O–H groups in total. The molecule has 0 saturated carbocycles. The molecule has 0 spiro atoms. The maximum absolute atomic E-state index is 13.1. The normalized spacial score (nSPS) is 18.7. The van der Waals surface area contributed by atoms with Crippen LogP contribution in [-0.4, -0.2) is 35.6 Å². The molecule has 10 heteroatoms. The molecule has 1 atom stereocenters. The molecule has 1 unspecified atom stereocenters. The van der Waals surface area contributed by atoms with E-state index in [1.807, 2.05) is 6.07 Å². The molecule has 0 aromatic heterocycles. The third kappa shape index (κ3) is 3.82. The van der Waals surface area contributed by atoms with Gasteiger partial charge in [0.1, 0.15) is 10.6 Å². The largest absolute Gasteiger partial charge is 0.495 e. The summed E-state index contributed by atoms with van der Waals surface area (Å²) in [4.78, 5) is 12.1. The number of sulfonamides is 2. The third-order valence-corrected chi connectivity index (χ3v) is 7.99. The van der Waals surface area contributed by atoms with Crippen LogP contribution in [0.4, 0.5) is 11.4 Å². The number of methoxy groups -OCH3 is 1. The minimum atomic E-state index is -4.13. The Labute approximate surface area is 170 Å². The van der Waals surface area contributed by atoms with Gasteiger partial charge in [-0.1, -0.05) is 25.1 Å². The van der Waals surface area contributed by atoms with Gasteiger partial charge in [0, 0.05) is 0 Å². The van der Waals surface area contributed by atoms with E-state index in [1.54, 1.807) is 26.0 Å². The summed E-state index contributed by atoms with van der Waals surface area (Å²) in [5, 5.41) is 0. The van der Waals surface area contributed by atoms with Crippen LogP contribution in [0.3, 0.4) is 0 Å². The van der Waals surface area contributed by atoms with Gasteiger partial charge in [0.15, 0.2) is 0 Å². The van der Waals surface area contributed by atoms with Crippen LogP contribution in [0.5, 0.6) is 5.75 Å². The Morgan fingerprint density at radius 1 is 1.14 bits per heavy atom. The van der Waals surface area contributed by atoms with Crippen LogP contribution in [0.15, 0.2) is 41.3 Å². The zero-order valence-electron chi connectivity index (χ0n) is 16.5. The van der Waals surface area contributed by atoms with Crippen molar-refractivity contribution in [1.82, 2.24) is 0 Å². The molecule has 156 valence electrons. The number of ether oxygens (including phenoxy) is 1. The summed E-state index contributed by atoms with van der Waals surface area (Å²) in [6.07, 6.45) is 0. The fourth-order valence-electron chi connectivity index (χ4n) is 3.25. The van der Waals surface area contributed by atoms with E-state index in [9.17, 15) is 21.6 Å². The standard InChI is InChI=1S/C19H22N2O6S2/c1-12-6-5-7-13(2)18(12)20-29(25,26)17-10-15(8-9-16(17)27-4)21-19(22)14(3)11-28(21,23)24/h5-10,14,20H,11H2,1-4H3. The number of anilines is 2. The highest BCUT2D eigenvalue weighted by molar-refractivity contribution is 7.94. The smallest absolute Gasteiger partial charge is 0.265 e. The molecule has 2 aromatic rings. The van der Waals surface area contributed by atoms with Crippen LogP contribution in [0.25, 0.3) is 0 Å². The highest BCUT2D eigenvalue weighted by atomic mass is 32.2. The lowest BCUT2D eigenvalue weighted by Crippen LogP contribution is -2.30. The number of hydrogen-bond acceptors (Lipinski definition) is 6. The van der Waals surface area contributed by atoms with Gasteiger partial charge in [0.25, 0.3) is 10.0 Å². The Morgan fingerprint density at radius 3 is 2.28 bits per heavy atom. The van der Waals surface area contributed by atoms with E-state index in [0.29, 0.717) is 9.99 Å². The second-order valence-electron chi connectivity index (χ2n) is 6.99. The van der Waals surface area contributed by atoms with Gasteiger partial charge in [-0.05, 0) is 43.2 Å². The number of hydrogen-bond donors (Lipinski definition) is 1. The van der Waals surface area contributed by atoms with Gasteiger partial charge >= 0.3 is 0 Å². The summed E-state index contributed by atoms with van der Waals surface area (Å²) in [7, 11) is -6.68. The van der Waals surface area contributed by atoms with Crippen molar-refractivity contribution in [2.24, 2.45) is 5.92 Å². The second kappa shape index (κ2) is 7.34. The van der Waals surface area contributed by atoms with E-state index < -0.39 is 31.9 Å². The van der Waals surface area contributed by atoms with Crippen LogP contribution in [0.2, 0.25) is 0 Å². The summed E-state index contributed by atoms with van der Waals surface area (Å²) >= 11 is 0. The molecule has 1 fully saturated rings. The molecule has 0 aliphatic carbocycles. The van der Waals surface area contributed by atoms with Crippen LogP contribution >= 0.6 is 0 Å². The van der Waals surface area contributed by atoms with Crippen molar-refractivity contribution >= 4 is 37.3 Å². The van der Waals surface area contributed by atoms with E-state index in [4.69, 9.17) is 4.74 Å². The van der Waals surface area contributed by atoms with Gasteiger partial charge in [-0.3, -0.25) is 9.52 Å². The van der Waals surface area contributed by atoms with Gasteiger partial charge < -0.3 is 4.74 Å². The van der Waals surface area contributed by atoms with Gasteiger partial charge in [-0.2, -0.15) is 0 Å². The fourth-order valence-corrected chi connectivity index (χ4v) is 6.46. The van der Waals surface area contributed by atoms with E-state index >= 15 is 0 Å². The second-order valence-corrected chi connectivity index (χ2v) is 10.5. The summed E-state index contributed by atoms with van der Waals surface area (Å²) in [5.41, 5.74) is 1.85. The van der Waals surface area contributed by atoms with Gasteiger partial charge in [-0.15, -0.1) is 0 Å². The Hall–Kier alpha value is -2.59. The summed E-state index contributed by atoms with van der Waals surface area (Å²) < 4.78 is 59.4. The minimum absolute atomic E-state index is 0.0320. The monoisotopic (exact) mass is 438 g/mol. The SMILES string of the molecule is COc1ccc(N2C(=O)C(C)CS2(=O)=O)cc1S(=O)(=O)Nc1c(C)cccc1C. The average molecular weight is 439 g/mol. The fraction of sp³-hybridized carbons (Fsp3) is 0.316. The molecule has 8 nitrogen and oxygen atoms in total. The first-order valence-electron chi connectivity index (χ1n) is 8.82. The zero-order chi connectivity index (χ0) is 21.6. The number of nitrogens with one attached hydrogen (secondary N) is 1. The molecule has 1 aliphatic heterocycles. The number of benzene rings is 2. The van der Waals surface area contributed by atoms with Crippen molar-refractivity contribution in [2.45, 2.75) is 25.7 Å². The maximum Gasteiger partial charge on any atom is 0.265 e. The van der Waals surface area contributed by atoms with Crippen molar-refractivity contribution < 1.29 is 26.4 Å². The molecule has 3 rings (SSSR count). The number of amides is 1. The number of nitrogens with zero attached hydrogens (tertiary/aromatic N) is 1. The molecule has 2 aromatic carbocycles. The predicted molar refractivity (Wildman–Crippen MR) is 110 cm³/mol. The van der Waals surface area contributed by atoms with Crippen LogP contribution < -0.4 is 13.8 Å². The quantitative estimate of drug-likeness (QED) is 0.768. The van der Waals surface area contributed by atoms with Crippen molar-refractivity contribution in [3.05, 3.63) is 47.5 Å². The van der Waals surface area contributed by atoms with Crippen molar-refractivity contribution in [3.8, 4) is 5.75 Å². The molecule has 29 heavy (non-hydrogen) atoms. The zero-order valence-corrected chi connectivity index (χ0v) is 18.1. The van der Waals surface area contributed by atoms with Crippen LogP contribution in [0, 0.1) is 19.8 Å². The summed E-state index contributed by atoms with van der Waals surface area (Å²) in [5.74, 6) is -1.58. The first kappa shape index (κ1) is 21.1. The van der Waals surface area contributed by atoms with Crippen molar-refractivity contribution in [3.63, 3.8) is 0 Å². The Kier molecular flexibility index (Phi) is 5.35. The lowest BCUT2D eigenvalue weighted by molar-refractivity contribution is -0.119. The van der Waals surface area contributed by atoms with E-state index in [-0.39, 0.29) is 22.1 Å². The number of carbonyl (C=O) groups is 1. The topological polar surface area (TPSA) is 110 Å². The lowest BCUT2D eigenvalue weighted by atomic mass is 10.1. The molecule has 1 amide bonds. The Bertz CT molecular complexity index is 1170. The van der Waals surface area contributed by atoms with E-state index in [2.05, 4.69) is 4.72 Å². The number of para-hydroxylation sites is 1. The predicted octanol–water partition coefficient (Wildman–Crippen LogP) is 2.43. The average Bonchev–Trinajstić information content (AvgIpc) is 2.85. The number of aryl methyl sites for hydroxylation is 2. The molecule has 0 bridgehead atoms. The molecule has 1 saturated heterocycles. The maximum atomic E-state index is 13.1. The summed E-state index contributed by atoms with van der Waals surface area (Å²) in [6.45, 7) is 5.06.